The van der Waals surface area contributed by atoms with Crippen LogP contribution in [0.5, 0.6) is 0 Å². The average Bonchev–Trinajstić information content (AvgIpc) is 3.31. The molecule has 1 atom stereocenters. The van der Waals surface area contributed by atoms with E-state index in [-0.39, 0.29) is 31.1 Å². The van der Waals surface area contributed by atoms with Gasteiger partial charge in [0, 0.05) is 19.3 Å². The molecule has 6 nitrogen and oxygen atoms in total. The smallest absolute Gasteiger partial charge is 0.306 e. The van der Waals surface area contributed by atoms with Crippen molar-refractivity contribution in [2.45, 2.75) is 213 Å². The third kappa shape index (κ3) is 50.5. The topological polar surface area (TPSA) is 78.9 Å². The molecule has 0 amide bonds. The van der Waals surface area contributed by atoms with Gasteiger partial charge in [-0.25, -0.2) is 0 Å². The first-order valence-electron chi connectivity index (χ1n) is 26.3. The van der Waals surface area contributed by atoms with Crippen LogP contribution in [0.2, 0.25) is 0 Å². The summed E-state index contributed by atoms with van der Waals surface area (Å²) in [6.07, 6.45) is 74.2. The van der Waals surface area contributed by atoms with Crippen LogP contribution >= 0.6 is 0 Å². The molecule has 0 aromatic rings. The predicted molar refractivity (Wildman–Crippen MR) is 283 cm³/mol. The van der Waals surface area contributed by atoms with Gasteiger partial charge in [-0.15, -0.1) is 0 Å². The number of allylic oxidation sites excluding steroid dienone is 22. The lowest BCUT2D eigenvalue weighted by molar-refractivity contribution is -0.167. The maximum Gasteiger partial charge on any atom is 0.306 e. The molecule has 0 rings (SSSR count). The Hall–Kier alpha value is -4.45. The summed E-state index contributed by atoms with van der Waals surface area (Å²) in [5, 5.41) is 0. The van der Waals surface area contributed by atoms with Crippen molar-refractivity contribution in [1.82, 2.24) is 0 Å². The van der Waals surface area contributed by atoms with E-state index in [9.17, 15) is 14.4 Å². The van der Waals surface area contributed by atoms with Gasteiger partial charge in [0.15, 0.2) is 6.10 Å². The Balaban J connectivity index is 4.53. The zero-order chi connectivity index (χ0) is 47.9. The van der Waals surface area contributed by atoms with Crippen LogP contribution in [0.15, 0.2) is 134 Å². The Kier molecular flexibility index (Phi) is 49.6. The maximum absolute atomic E-state index is 12.8. The summed E-state index contributed by atoms with van der Waals surface area (Å²) in [5.41, 5.74) is 0. The number of carbonyl (C=O) groups excluding carboxylic acids is 3. The molecule has 0 spiro atoms. The molecule has 0 radical (unpaired) electrons. The Morgan fingerprint density at radius 1 is 0.333 bits per heavy atom. The zero-order valence-electron chi connectivity index (χ0n) is 42.1. The SMILES string of the molecule is CC\C=C/C=C\C=C/C=C\CCCCCC(=O)OCC(COC(=O)CCCCCCC\C=C/C=C\C=C/C=C\C=C/CCC)OC(=O)CCCCCCCCC/C=C\C/C=C\CCCCC. The standard InChI is InChI=1S/C60H94O6/c1-4-7-10-13-16-19-22-25-27-29-31-32-35-38-41-44-47-50-53-59(62)65-56-57(55-64-58(61)52-49-46-43-40-37-34-24-21-18-15-12-9-6-3)66-60(63)54-51-48-45-42-39-36-33-30-28-26-23-20-17-14-11-8-5-2/h9-10,12-13,15-22,24-29,31-32,34,37,57H,4-8,11,14,23,30,33,35-36,38-56H2,1-3H3/b12-9-,13-10-,18-15-,19-16-,20-17-,24-21-,25-22-,28-26-,29-27-,32-31-,37-34-. The first-order chi connectivity index (χ1) is 32.5. The molecule has 66 heavy (non-hydrogen) atoms. The van der Waals surface area contributed by atoms with Gasteiger partial charge in [-0.2, -0.15) is 0 Å². The lowest BCUT2D eigenvalue weighted by atomic mass is 10.1. The molecule has 1 unspecified atom stereocenters. The molecule has 0 aliphatic heterocycles. The number of esters is 3. The number of ether oxygens (including phenoxy) is 3. The molecule has 0 aliphatic rings. The number of unbranched alkanes of at least 4 members (excludes halogenated alkanes) is 19. The van der Waals surface area contributed by atoms with E-state index in [4.69, 9.17) is 14.2 Å². The van der Waals surface area contributed by atoms with Gasteiger partial charge in [0.25, 0.3) is 0 Å². The van der Waals surface area contributed by atoms with Crippen molar-refractivity contribution >= 4 is 17.9 Å². The third-order valence-corrected chi connectivity index (χ3v) is 10.6. The van der Waals surface area contributed by atoms with E-state index in [0.29, 0.717) is 19.3 Å². The van der Waals surface area contributed by atoms with Gasteiger partial charge in [-0.3, -0.25) is 14.4 Å². The normalized spacial score (nSPS) is 13.2. The molecule has 0 fully saturated rings. The van der Waals surface area contributed by atoms with Gasteiger partial charge in [0.1, 0.15) is 13.2 Å². The van der Waals surface area contributed by atoms with E-state index in [2.05, 4.69) is 81.5 Å². The van der Waals surface area contributed by atoms with Crippen LogP contribution in [0.1, 0.15) is 207 Å². The van der Waals surface area contributed by atoms with E-state index in [1.165, 1.54) is 57.8 Å². The molecule has 370 valence electrons. The summed E-state index contributed by atoms with van der Waals surface area (Å²) in [6.45, 7) is 6.30. The number of hydrogen-bond acceptors (Lipinski definition) is 6. The van der Waals surface area contributed by atoms with Gasteiger partial charge in [0.2, 0.25) is 0 Å². The highest BCUT2D eigenvalue weighted by molar-refractivity contribution is 5.71. The summed E-state index contributed by atoms with van der Waals surface area (Å²) < 4.78 is 16.8. The van der Waals surface area contributed by atoms with Crippen molar-refractivity contribution in [1.29, 1.82) is 0 Å². The first kappa shape index (κ1) is 61.5. The second kappa shape index (κ2) is 53.2. The lowest BCUT2D eigenvalue weighted by Gasteiger charge is -2.18. The molecule has 0 N–H and O–H groups in total. The summed E-state index contributed by atoms with van der Waals surface area (Å²) in [7, 11) is 0. The van der Waals surface area contributed by atoms with Crippen molar-refractivity contribution in [3.63, 3.8) is 0 Å². The molecule has 0 aliphatic carbocycles. The minimum Gasteiger partial charge on any atom is -0.462 e. The molecule has 0 heterocycles. The van der Waals surface area contributed by atoms with Crippen LogP contribution in [-0.4, -0.2) is 37.2 Å². The Morgan fingerprint density at radius 2 is 0.682 bits per heavy atom. The Morgan fingerprint density at radius 3 is 1.12 bits per heavy atom. The van der Waals surface area contributed by atoms with Crippen LogP contribution in [0.4, 0.5) is 0 Å². The van der Waals surface area contributed by atoms with Gasteiger partial charge >= 0.3 is 17.9 Å². The van der Waals surface area contributed by atoms with E-state index in [0.717, 1.165) is 109 Å². The largest absolute Gasteiger partial charge is 0.462 e. The second-order valence-electron chi connectivity index (χ2n) is 16.9. The van der Waals surface area contributed by atoms with Crippen molar-refractivity contribution in [3.05, 3.63) is 134 Å². The fourth-order valence-corrected chi connectivity index (χ4v) is 6.63. The number of carbonyl (C=O) groups is 3. The molecule has 0 aromatic carbocycles. The fourth-order valence-electron chi connectivity index (χ4n) is 6.63. The van der Waals surface area contributed by atoms with E-state index in [1.807, 2.05) is 72.9 Å². The van der Waals surface area contributed by atoms with E-state index < -0.39 is 6.10 Å². The van der Waals surface area contributed by atoms with E-state index >= 15 is 0 Å². The van der Waals surface area contributed by atoms with Crippen molar-refractivity contribution in [2.24, 2.45) is 0 Å². The highest BCUT2D eigenvalue weighted by Gasteiger charge is 2.19. The maximum atomic E-state index is 12.8. The van der Waals surface area contributed by atoms with Gasteiger partial charge in [0.05, 0.1) is 0 Å². The van der Waals surface area contributed by atoms with E-state index in [1.54, 1.807) is 0 Å². The summed E-state index contributed by atoms with van der Waals surface area (Å²) >= 11 is 0. The predicted octanol–water partition coefficient (Wildman–Crippen LogP) is 17.5. The van der Waals surface area contributed by atoms with Crippen molar-refractivity contribution in [3.8, 4) is 0 Å². The summed E-state index contributed by atoms with van der Waals surface area (Å²) in [4.78, 5) is 38.0. The van der Waals surface area contributed by atoms with Gasteiger partial charge in [-0.1, -0.05) is 231 Å². The fraction of sp³-hybridized carbons (Fsp3) is 0.583. The van der Waals surface area contributed by atoms with Crippen molar-refractivity contribution in [2.75, 3.05) is 13.2 Å². The van der Waals surface area contributed by atoms with Crippen LogP contribution in [0, 0.1) is 0 Å². The van der Waals surface area contributed by atoms with Crippen LogP contribution < -0.4 is 0 Å². The van der Waals surface area contributed by atoms with Gasteiger partial charge in [-0.05, 0) is 89.9 Å². The monoisotopic (exact) mass is 911 g/mol. The highest BCUT2D eigenvalue weighted by atomic mass is 16.6. The van der Waals surface area contributed by atoms with Crippen LogP contribution in [0.25, 0.3) is 0 Å². The Labute approximate surface area is 405 Å². The second-order valence-corrected chi connectivity index (χ2v) is 16.9. The highest BCUT2D eigenvalue weighted by Crippen LogP contribution is 2.13. The third-order valence-electron chi connectivity index (χ3n) is 10.6. The quantitative estimate of drug-likeness (QED) is 0.0199. The molecular weight excluding hydrogens is 817 g/mol. The van der Waals surface area contributed by atoms with Crippen LogP contribution in [-0.2, 0) is 28.6 Å². The number of hydrogen-bond donors (Lipinski definition) is 0. The molecule has 0 bridgehead atoms. The lowest BCUT2D eigenvalue weighted by Crippen LogP contribution is -2.30. The molecule has 6 heteroatoms. The molecular formula is C60H94O6. The molecule has 0 saturated heterocycles. The summed E-state index contributed by atoms with van der Waals surface area (Å²) in [6, 6.07) is 0. The molecule has 0 saturated carbocycles. The zero-order valence-corrected chi connectivity index (χ0v) is 42.1. The van der Waals surface area contributed by atoms with Crippen LogP contribution in [0.3, 0.4) is 0 Å². The minimum atomic E-state index is -0.814. The number of rotatable bonds is 45. The minimum absolute atomic E-state index is 0.113. The van der Waals surface area contributed by atoms with Gasteiger partial charge < -0.3 is 14.2 Å². The molecule has 0 aromatic heterocycles. The summed E-state index contributed by atoms with van der Waals surface area (Å²) in [5.74, 6) is -0.991. The van der Waals surface area contributed by atoms with Crippen molar-refractivity contribution < 1.29 is 28.6 Å². The first-order valence-corrected chi connectivity index (χ1v) is 26.3. The Bertz CT molecular complexity index is 1460. The average molecular weight is 911 g/mol.